The minimum atomic E-state index is -3.05. The van der Waals surface area contributed by atoms with E-state index in [2.05, 4.69) is 19.3 Å². The van der Waals surface area contributed by atoms with Crippen molar-refractivity contribution in [3.63, 3.8) is 0 Å². The summed E-state index contributed by atoms with van der Waals surface area (Å²) in [6.45, 7) is 5.71. The van der Waals surface area contributed by atoms with Crippen LogP contribution in [-0.2, 0) is 10.0 Å². The summed E-state index contributed by atoms with van der Waals surface area (Å²) in [5.41, 5.74) is 2.92. The van der Waals surface area contributed by atoms with Crippen LogP contribution in [0.5, 0.6) is 0 Å². The second kappa shape index (κ2) is 7.57. The Morgan fingerprint density at radius 1 is 1.47 bits per heavy atom. The predicted molar refractivity (Wildman–Crippen MR) is 78.9 cm³/mol. The third-order valence-corrected chi connectivity index (χ3v) is 5.45. The fourth-order valence-electron chi connectivity index (χ4n) is 3.00. The van der Waals surface area contributed by atoms with E-state index in [0.717, 1.165) is 32.1 Å². The maximum Gasteiger partial charge on any atom is 0.211 e. The van der Waals surface area contributed by atoms with E-state index >= 15 is 0 Å². The van der Waals surface area contributed by atoms with E-state index in [4.69, 9.17) is 5.84 Å². The molecule has 3 N–H and O–H groups in total. The monoisotopic (exact) mass is 291 g/mol. The molecule has 0 saturated carbocycles. The molecule has 0 aromatic heterocycles. The molecule has 3 unspecified atom stereocenters. The molecule has 6 heteroatoms. The van der Waals surface area contributed by atoms with Crippen molar-refractivity contribution in [3.05, 3.63) is 0 Å². The molecule has 5 nitrogen and oxygen atoms in total. The summed E-state index contributed by atoms with van der Waals surface area (Å²) in [6.07, 6.45) is 6.62. The second-order valence-electron chi connectivity index (χ2n) is 5.90. The SMILES string of the molecule is CCCC(C)C(CC1CCCN(S(C)(=O)=O)C1)NN. The lowest BCUT2D eigenvalue weighted by Crippen LogP contribution is -2.45. The molecule has 1 saturated heterocycles. The number of nitrogens with two attached hydrogens (primary N) is 1. The lowest BCUT2D eigenvalue weighted by molar-refractivity contribution is 0.214. The molecule has 0 amide bonds. The van der Waals surface area contributed by atoms with Gasteiger partial charge in [0, 0.05) is 19.1 Å². The number of nitrogens with zero attached hydrogens (tertiary/aromatic N) is 1. The quantitative estimate of drug-likeness (QED) is 0.548. The number of hydrazine groups is 1. The van der Waals surface area contributed by atoms with E-state index in [0.29, 0.717) is 24.9 Å². The van der Waals surface area contributed by atoms with E-state index in [1.807, 2.05) is 0 Å². The molecule has 1 rings (SSSR count). The van der Waals surface area contributed by atoms with Gasteiger partial charge in [-0.2, -0.15) is 0 Å². The van der Waals surface area contributed by atoms with Crippen LogP contribution in [0.4, 0.5) is 0 Å². The van der Waals surface area contributed by atoms with Gasteiger partial charge in [-0.1, -0.05) is 20.3 Å². The Kier molecular flexibility index (Phi) is 6.73. The van der Waals surface area contributed by atoms with E-state index in [9.17, 15) is 8.42 Å². The van der Waals surface area contributed by atoms with Gasteiger partial charge >= 0.3 is 0 Å². The highest BCUT2D eigenvalue weighted by molar-refractivity contribution is 7.88. The molecule has 0 aromatic carbocycles. The van der Waals surface area contributed by atoms with E-state index in [-0.39, 0.29) is 6.04 Å². The molecule has 19 heavy (non-hydrogen) atoms. The fourth-order valence-corrected chi connectivity index (χ4v) is 3.94. The van der Waals surface area contributed by atoms with Gasteiger partial charge in [0.1, 0.15) is 0 Å². The van der Waals surface area contributed by atoms with Gasteiger partial charge < -0.3 is 0 Å². The van der Waals surface area contributed by atoms with Gasteiger partial charge in [-0.15, -0.1) is 0 Å². The van der Waals surface area contributed by atoms with Crippen LogP contribution < -0.4 is 11.3 Å². The molecule has 1 heterocycles. The Balaban J connectivity index is 2.55. The number of hydrogen-bond donors (Lipinski definition) is 2. The van der Waals surface area contributed by atoms with Crippen molar-refractivity contribution in [3.8, 4) is 0 Å². The van der Waals surface area contributed by atoms with Gasteiger partial charge in [0.05, 0.1) is 6.26 Å². The largest absolute Gasteiger partial charge is 0.271 e. The maximum absolute atomic E-state index is 11.6. The van der Waals surface area contributed by atoms with Crippen LogP contribution in [0, 0.1) is 11.8 Å². The van der Waals surface area contributed by atoms with Crippen LogP contribution in [0.1, 0.15) is 46.0 Å². The molecule has 0 aliphatic carbocycles. The number of nitrogens with one attached hydrogen (secondary N) is 1. The van der Waals surface area contributed by atoms with Crippen LogP contribution in [0.25, 0.3) is 0 Å². The molecule has 3 atom stereocenters. The molecule has 0 bridgehead atoms. The molecule has 0 aromatic rings. The normalized spacial score (nSPS) is 25.2. The highest BCUT2D eigenvalue weighted by Crippen LogP contribution is 2.25. The molecule has 1 aliphatic rings. The van der Waals surface area contributed by atoms with E-state index in [1.165, 1.54) is 6.26 Å². The predicted octanol–water partition coefficient (Wildman–Crippen LogP) is 1.32. The minimum absolute atomic E-state index is 0.282. The van der Waals surface area contributed by atoms with E-state index < -0.39 is 10.0 Å². The lowest BCUT2D eigenvalue weighted by atomic mass is 9.86. The number of piperidine rings is 1. The Morgan fingerprint density at radius 3 is 2.68 bits per heavy atom. The summed E-state index contributed by atoms with van der Waals surface area (Å²) in [4.78, 5) is 0. The van der Waals surface area contributed by atoms with Crippen LogP contribution in [0.15, 0.2) is 0 Å². The third kappa shape index (κ3) is 5.38. The van der Waals surface area contributed by atoms with E-state index in [1.54, 1.807) is 4.31 Å². The molecule has 0 spiro atoms. The first-order valence-electron chi connectivity index (χ1n) is 7.29. The summed E-state index contributed by atoms with van der Waals surface area (Å²) in [5, 5.41) is 0. The summed E-state index contributed by atoms with van der Waals surface area (Å²) in [7, 11) is -3.05. The van der Waals surface area contributed by atoms with Crippen molar-refractivity contribution in [1.29, 1.82) is 0 Å². The van der Waals surface area contributed by atoms with Crippen molar-refractivity contribution >= 4 is 10.0 Å². The molecular formula is C13H29N3O2S. The Labute approximate surface area is 117 Å². The third-order valence-electron chi connectivity index (χ3n) is 4.18. The summed E-state index contributed by atoms with van der Waals surface area (Å²) in [5.74, 6) is 6.61. The van der Waals surface area contributed by atoms with Gasteiger partial charge in [-0.05, 0) is 37.5 Å². The minimum Gasteiger partial charge on any atom is -0.271 e. The first-order chi connectivity index (χ1) is 8.88. The number of rotatable bonds is 7. The number of hydrogen-bond acceptors (Lipinski definition) is 4. The average Bonchev–Trinajstić information content (AvgIpc) is 2.35. The summed E-state index contributed by atoms with van der Waals surface area (Å²) in [6, 6.07) is 0.282. The summed E-state index contributed by atoms with van der Waals surface area (Å²) < 4.78 is 24.8. The van der Waals surface area contributed by atoms with Crippen molar-refractivity contribution in [1.82, 2.24) is 9.73 Å². The molecule has 1 fully saturated rings. The molecule has 0 radical (unpaired) electrons. The zero-order valence-corrected chi connectivity index (χ0v) is 13.2. The second-order valence-corrected chi connectivity index (χ2v) is 7.89. The Bertz CT molecular complexity index is 359. The van der Waals surface area contributed by atoms with Gasteiger partial charge in [-0.3, -0.25) is 11.3 Å². The van der Waals surface area contributed by atoms with Crippen molar-refractivity contribution in [2.45, 2.75) is 52.0 Å². The lowest BCUT2D eigenvalue weighted by Gasteiger charge is -2.34. The van der Waals surface area contributed by atoms with Gasteiger partial charge in [0.25, 0.3) is 0 Å². The van der Waals surface area contributed by atoms with Crippen LogP contribution in [-0.4, -0.2) is 38.1 Å². The fraction of sp³-hybridized carbons (Fsp3) is 1.00. The highest BCUT2D eigenvalue weighted by Gasteiger charge is 2.28. The average molecular weight is 291 g/mol. The molecule has 1 aliphatic heterocycles. The first kappa shape index (κ1) is 16.9. The first-order valence-corrected chi connectivity index (χ1v) is 9.14. The zero-order valence-electron chi connectivity index (χ0n) is 12.4. The van der Waals surface area contributed by atoms with Crippen molar-refractivity contribution in [2.24, 2.45) is 17.7 Å². The topological polar surface area (TPSA) is 75.4 Å². The van der Waals surface area contributed by atoms with Crippen LogP contribution in [0.2, 0.25) is 0 Å². The Morgan fingerprint density at radius 2 is 2.16 bits per heavy atom. The standard InChI is InChI=1S/C13H29N3O2S/c1-4-6-11(2)13(15-14)9-12-7-5-8-16(10-12)19(3,17)18/h11-13,15H,4-10,14H2,1-3H3. The number of sulfonamides is 1. The maximum atomic E-state index is 11.6. The summed E-state index contributed by atoms with van der Waals surface area (Å²) >= 11 is 0. The van der Waals surface area contributed by atoms with Gasteiger partial charge in [0.15, 0.2) is 0 Å². The van der Waals surface area contributed by atoms with Crippen molar-refractivity contribution < 1.29 is 8.42 Å². The molecular weight excluding hydrogens is 262 g/mol. The zero-order chi connectivity index (χ0) is 14.5. The Hall–Kier alpha value is -0.170. The molecule has 114 valence electrons. The van der Waals surface area contributed by atoms with Crippen molar-refractivity contribution in [2.75, 3.05) is 19.3 Å². The van der Waals surface area contributed by atoms with Crippen LogP contribution in [0.3, 0.4) is 0 Å². The van der Waals surface area contributed by atoms with Crippen LogP contribution >= 0.6 is 0 Å². The highest BCUT2D eigenvalue weighted by atomic mass is 32.2. The van der Waals surface area contributed by atoms with Gasteiger partial charge in [0.2, 0.25) is 10.0 Å². The van der Waals surface area contributed by atoms with Gasteiger partial charge in [-0.25, -0.2) is 12.7 Å². The smallest absolute Gasteiger partial charge is 0.211 e.